The summed E-state index contributed by atoms with van der Waals surface area (Å²) >= 11 is 9.50. The molecule has 0 saturated carbocycles. The molecule has 0 aliphatic rings. The predicted octanol–water partition coefficient (Wildman–Crippen LogP) is 4.33. The van der Waals surface area contributed by atoms with Crippen molar-refractivity contribution in [2.24, 2.45) is 5.73 Å². The Morgan fingerprint density at radius 3 is 2.67 bits per heavy atom. The Morgan fingerprint density at radius 2 is 2.05 bits per heavy atom. The summed E-state index contributed by atoms with van der Waals surface area (Å²) in [5.41, 5.74) is 7.69. The molecular formula is C16H16BrClFNO. The van der Waals surface area contributed by atoms with Gasteiger partial charge < -0.3 is 10.8 Å². The second-order valence-corrected chi connectivity index (χ2v) is 6.21. The van der Waals surface area contributed by atoms with Crippen molar-refractivity contribution < 1.29 is 9.50 Å². The first-order valence-electron chi connectivity index (χ1n) is 6.53. The van der Waals surface area contributed by atoms with Crippen LogP contribution in [0.2, 0.25) is 5.02 Å². The monoisotopic (exact) mass is 371 g/mol. The summed E-state index contributed by atoms with van der Waals surface area (Å²) in [6, 6.07) is 10.1. The van der Waals surface area contributed by atoms with E-state index in [0.717, 1.165) is 10.0 Å². The molecule has 0 aromatic heterocycles. The van der Waals surface area contributed by atoms with Gasteiger partial charge in [-0.05, 0) is 30.7 Å². The number of rotatable bonds is 4. The predicted molar refractivity (Wildman–Crippen MR) is 87.0 cm³/mol. The van der Waals surface area contributed by atoms with Crippen molar-refractivity contribution >= 4 is 27.5 Å². The molecule has 0 fully saturated rings. The van der Waals surface area contributed by atoms with Gasteiger partial charge in [0.2, 0.25) is 0 Å². The van der Waals surface area contributed by atoms with Gasteiger partial charge in [-0.2, -0.15) is 0 Å². The lowest BCUT2D eigenvalue weighted by Gasteiger charge is -2.24. The Labute approximate surface area is 136 Å². The molecule has 0 saturated heterocycles. The van der Waals surface area contributed by atoms with Crippen LogP contribution in [0.15, 0.2) is 40.9 Å². The van der Waals surface area contributed by atoms with E-state index in [1.54, 1.807) is 6.07 Å². The largest absolute Gasteiger partial charge is 0.388 e. The van der Waals surface area contributed by atoms with Crippen molar-refractivity contribution in [3.63, 3.8) is 0 Å². The molecule has 5 heteroatoms. The van der Waals surface area contributed by atoms with Crippen molar-refractivity contribution in [2.45, 2.75) is 18.9 Å². The van der Waals surface area contributed by atoms with E-state index < -0.39 is 17.8 Å². The minimum atomic E-state index is -0.946. The molecule has 0 amide bonds. The second-order valence-electron chi connectivity index (χ2n) is 4.95. The number of halogens is 3. The summed E-state index contributed by atoms with van der Waals surface area (Å²) in [5, 5.41) is 10.9. The van der Waals surface area contributed by atoms with E-state index in [9.17, 15) is 9.50 Å². The van der Waals surface area contributed by atoms with Crippen LogP contribution in [-0.2, 0) is 0 Å². The molecule has 2 atom stereocenters. The molecule has 0 heterocycles. The third kappa shape index (κ3) is 3.46. The summed E-state index contributed by atoms with van der Waals surface area (Å²) in [7, 11) is 0. The maximum atomic E-state index is 14.1. The lowest BCUT2D eigenvalue weighted by Crippen LogP contribution is -2.22. The van der Waals surface area contributed by atoms with Gasteiger partial charge in [-0.1, -0.05) is 51.3 Å². The molecular weight excluding hydrogens is 357 g/mol. The van der Waals surface area contributed by atoms with Crippen LogP contribution in [0.3, 0.4) is 0 Å². The zero-order valence-electron chi connectivity index (χ0n) is 11.5. The van der Waals surface area contributed by atoms with Crippen LogP contribution in [0, 0.1) is 12.7 Å². The molecule has 2 aromatic carbocycles. The Balaban J connectivity index is 2.48. The zero-order valence-corrected chi connectivity index (χ0v) is 13.8. The van der Waals surface area contributed by atoms with Gasteiger partial charge in [-0.3, -0.25) is 0 Å². The maximum Gasteiger partial charge on any atom is 0.128 e. The van der Waals surface area contributed by atoms with Crippen LogP contribution < -0.4 is 5.73 Å². The van der Waals surface area contributed by atoms with Crippen molar-refractivity contribution in [3.05, 3.63) is 68.4 Å². The molecule has 2 aromatic rings. The number of hydrogen-bond donors (Lipinski definition) is 2. The highest BCUT2D eigenvalue weighted by Crippen LogP contribution is 2.38. The van der Waals surface area contributed by atoms with Crippen LogP contribution in [0.4, 0.5) is 4.39 Å². The van der Waals surface area contributed by atoms with Crippen LogP contribution in [0.5, 0.6) is 0 Å². The van der Waals surface area contributed by atoms with Crippen molar-refractivity contribution in [3.8, 4) is 0 Å². The minimum absolute atomic E-state index is 0.0855. The average molecular weight is 373 g/mol. The first-order valence-corrected chi connectivity index (χ1v) is 7.71. The molecule has 2 nitrogen and oxygen atoms in total. The number of aryl methyl sites for hydroxylation is 1. The number of aliphatic hydroxyl groups is 1. The lowest BCUT2D eigenvalue weighted by atomic mass is 9.88. The summed E-state index contributed by atoms with van der Waals surface area (Å²) < 4.78 is 14.8. The smallest absolute Gasteiger partial charge is 0.128 e. The molecule has 2 rings (SSSR count). The van der Waals surface area contributed by atoms with Gasteiger partial charge in [0, 0.05) is 27.5 Å². The first-order chi connectivity index (χ1) is 9.95. The van der Waals surface area contributed by atoms with Crippen LogP contribution >= 0.6 is 27.5 Å². The maximum absolute atomic E-state index is 14.1. The van der Waals surface area contributed by atoms with Gasteiger partial charge in [0.05, 0.1) is 6.10 Å². The molecule has 2 unspecified atom stereocenters. The van der Waals surface area contributed by atoms with Gasteiger partial charge in [0.1, 0.15) is 5.82 Å². The summed E-state index contributed by atoms with van der Waals surface area (Å²) in [4.78, 5) is 0. The van der Waals surface area contributed by atoms with Gasteiger partial charge in [0.15, 0.2) is 0 Å². The highest BCUT2D eigenvalue weighted by Gasteiger charge is 2.27. The topological polar surface area (TPSA) is 46.2 Å². The third-order valence-electron chi connectivity index (χ3n) is 3.48. The average Bonchev–Trinajstić information content (AvgIpc) is 2.45. The summed E-state index contributed by atoms with van der Waals surface area (Å²) in [5.74, 6) is -1.07. The molecule has 0 spiro atoms. The molecule has 0 aliphatic carbocycles. The highest BCUT2D eigenvalue weighted by atomic mass is 79.9. The fraction of sp³-hybridized carbons (Fsp3) is 0.250. The molecule has 0 radical (unpaired) electrons. The van der Waals surface area contributed by atoms with Crippen molar-refractivity contribution in [1.82, 2.24) is 0 Å². The Morgan fingerprint density at radius 1 is 1.33 bits per heavy atom. The molecule has 21 heavy (non-hydrogen) atoms. The number of nitrogens with two attached hydrogens (primary N) is 1. The normalized spacial score (nSPS) is 14.0. The highest BCUT2D eigenvalue weighted by molar-refractivity contribution is 9.10. The standard InChI is InChI=1S/C16H16BrClFNO/c1-9-5-6-12(17)10(7-9)16(21)11(8-20)15-13(18)3-2-4-14(15)19/h2-7,11,16,21H,8,20H2,1H3. The van der Waals surface area contributed by atoms with Gasteiger partial charge in [-0.25, -0.2) is 4.39 Å². The van der Waals surface area contributed by atoms with Crippen LogP contribution in [-0.4, -0.2) is 11.7 Å². The van der Waals surface area contributed by atoms with E-state index in [2.05, 4.69) is 15.9 Å². The Hall–Kier alpha value is -0.940. The van der Waals surface area contributed by atoms with E-state index in [1.807, 2.05) is 25.1 Å². The third-order valence-corrected chi connectivity index (χ3v) is 4.53. The minimum Gasteiger partial charge on any atom is -0.388 e. The fourth-order valence-electron chi connectivity index (χ4n) is 2.38. The van der Waals surface area contributed by atoms with E-state index in [-0.39, 0.29) is 17.1 Å². The van der Waals surface area contributed by atoms with E-state index in [1.165, 1.54) is 12.1 Å². The van der Waals surface area contributed by atoms with Crippen LogP contribution in [0.1, 0.15) is 28.7 Å². The molecule has 112 valence electrons. The number of benzene rings is 2. The number of hydrogen-bond acceptors (Lipinski definition) is 2. The van der Waals surface area contributed by atoms with Crippen LogP contribution in [0.25, 0.3) is 0 Å². The fourth-order valence-corrected chi connectivity index (χ4v) is 3.16. The first kappa shape index (κ1) is 16.4. The van der Waals surface area contributed by atoms with E-state index in [4.69, 9.17) is 17.3 Å². The number of aliphatic hydroxyl groups excluding tert-OH is 1. The quantitative estimate of drug-likeness (QED) is 0.839. The SMILES string of the molecule is Cc1ccc(Br)c(C(O)C(CN)c2c(F)cccc2Cl)c1. The molecule has 0 bridgehead atoms. The van der Waals surface area contributed by atoms with Crippen molar-refractivity contribution in [1.29, 1.82) is 0 Å². The second kappa shape index (κ2) is 6.88. The zero-order chi connectivity index (χ0) is 15.6. The lowest BCUT2D eigenvalue weighted by molar-refractivity contribution is 0.145. The molecule has 3 N–H and O–H groups in total. The van der Waals surface area contributed by atoms with E-state index in [0.29, 0.717) is 5.56 Å². The Kier molecular flexibility index (Phi) is 5.38. The summed E-state index contributed by atoms with van der Waals surface area (Å²) in [6.07, 6.45) is -0.946. The molecule has 0 aliphatic heterocycles. The van der Waals surface area contributed by atoms with Crippen molar-refractivity contribution in [2.75, 3.05) is 6.54 Å². The Bertz CT molecular complexity index is 630. The summed E-state index contributed by atoms with van der Waals surface area (Å²) in [6.45, 7) is 2.01. The van der Waals surface area contributed by atoms with Gasteiger partial charge in [-0.15, -0.1) is 0 Å². The van der Waals surface area contributed by atoms with E-state index >= 15 is 0 Å². The van der Waals surface area contributed by atoms with Gasteiger partial charge in [0.25, 0.3) is 0 Å². The van der Waals surface area contributed by atoms with Gasteiger partial charge >= 0.3 is 0 Å².